The van der Waals surface area contributed by atoms with Crippen LogP contribution in [0.15, 0.2) is 85.1 Å². The molecule has 0 aliphatic heterocycles. The number of carbonyl (C=O) groups excluding carboxylic acids is 2. The smallest absolute Gasteiger partial charge is 0.456 e. The Morgan fingerprint density at radius 3 is 1.27 bits per heavy atom. The highest BCUT2D eigenvalue weighted by atomic mass is 31.2. The summed E-state index contributed by atoms with van der Waals surface area (Å²) in [6, 6.07) is -0.869. The molecule has 0 saturated carbocycles. The number of ether oxygens (including phenoxy) is 1. The molecule has 0 fully saturated rings. The summed E-state index contributed by atoms with van der Waals surface area (Å²) >= 11 is 0. The first-order valence-electron chi connectivity index (χ1n) is 31.9. The zero-order valence-electron chi connectivity index (χ0n) is 50.9. The van der Waals surface area contributed by atoms with Crippen LogP contribution >= 0.6 is 7.82 Å². The lowest BCUT2D eigenvalue weighted by Crippen LogP contribution is -2.47. The van der Waals surface area contributed by atoms with E-state index in [-0.39, 0.29) is 31.5 Å². The maximum Gasteiger partial charge on any atom is 0.472 e. The first-order valence-corrected chi connectivity index (χ1v) is 33.4. The number of hydrogen-bond acceptors (Lipinski definition) is 6. The summed E-state index contributed by atoms with van der Waals surface area (Å²) in [6.45, 7) is 6.87. The summed E-state index contributed by atoms with van der Waals surface area (Å²) in [7, 11) is 1.47. The van der Waals surface area contributed by atoms with Crippen LogP contribution in [0.5, 0.6) is 0 Å². The molecule has 9 nitrogen and oxygen atoms in total. The van der Waals surface area contributed by atoms with Crippen molar-refractivity contribution in [2.45, 2.75) is 290 Å². The van der Waals surface area contributed by atoms with Crippen LogP contribution in [0.2, 0.25) is 0 Å². The van der Waals surface area contributed by atoms with Crippen LogP contribution in [0.25, 0.3) is 0 Å². The van der Waals surface area contributed by atoms with Crippen LogP contribution in [0.3, 0.4) is 0 Å². The zero-order chi connectivity index (χ0) is 56.4. The van der Waals surface area contributed by atoms with E-state index in [2.05, 4.69) is 99.0 Å². The molecule has 77 heavy (non-hydrogen) atoms. The van der Waals surface area contributed by atoms with Crippen LogP contribution in [0, 0.1) is 0 Å². The molecule has 0 aromatic heterocycles. The number of likely N-dealkylation sites (N-methyl/N-ethyl adjacent to an activating group) is 1. The Morgan fingerprint density at radius 2 is 0.831 bits per heavy atom. The maximum absolute atomic E-state index is 13.5. The third kappa shape index (κ3) is 57.7. The third-order valence-electron chi connectivity index (χ3n) is 13.8. The molecule has 0 bridgehead atoms. The van der Waals surface area contributed by atoms with E-state index in [1.54, 1.807) is 0 Å². The van der Waals surface area contributed by atoms with Gasteiger partial charge in [0.15, 0.2) is 0 Å². The Hall–Kier alpha value is -2.81. The predicted molar refractivity (Wildman–Crippen MR) is 332 cm³/mol. The molecule has 0 radical (unpaired) electrons. The molecule has 10 heteroatoms. The quantitative estimate of drug-likeness (QED) is 0.0205. The van der Waals surface area contributed by atoms with Gasteiger partial charge in [-0.2, -0.15) is 0 Å². The highest BCUT2D eigenvalue weighted by Crippen LogP contribution is 2.43. The topological polar surface area (TPSA) is 111 Å². The van der Waals surface area contributed by atoms with Crippen LogP contribution < -0.4 is 5.32 Å². The molecule has 3 unspecified atom stereocenters. The van der Waals surface area contributed by atoms with Crippen LogP contribution in [-0.2, 0) is 27.9 Å². The molecule has 1 amide bonds. The average Bonchev–Trinajstić information content (AvgIpc) is 3.39. The number of allylic oxidation sites excluding steroid dienone is 13. The van der Waals surface area contributed by atoms with Crippen molar-refractivity contribution in [1.82, 2.24) is 5.32 Å². The van der Waals surface area contributed by atoms with Gasteiger partial charge in [0.1, 0.15) is 19.3 Å². The van der Waals surface area contributed by atoms with Crippen molar-refractivity contribution < 1.29 is 37.3 Å². The molecule has 0 aliphatic carbocycles. The van der Waals surface area contributed by atoms with Crippen molar-refractivity contribution in [3.63, 3.8) is 0 Å². The number of nitrogens with one attached hydrogen (secondary N) is 1. The fourth-order valence-electron chi connectivity index (χ4n) is 8.90. The van der Waals surface area contributed by atoms with Gasteiger partial charge in [0.05, 0.1) is 33.8 Å². The van der Waals surface area contributed by atoms with Crippen molar-refractivity contribution in [3.8, 4) is 0 Å². The number of phosphoric ester groups is 1. The number of rotatable bonds is 57. The lowest BCUT2D eigenvalue weighted by Gasteiger charge is -2.27. The van der Waals surface area contributed by atoms with E-state index in [1.807, 2.05) is 33.3 Å². The molecule has 3 atom stereocenters. The van der Waals surface area contributed by atoms with Gasteiger partial charge in [-0.1, -0.05) is 247 Å². The summed E-state index contributed by atoms with van der Waals surface area (Å²) in [5, 5.41) is 3.04. The number of phosphoric acid groups is 1. The molecule has 0 aromatic rings. The van der Waals surface area contributed by atoms with Crippen molar-refractivity contribution in [2.75, 3.05) is 40.9 Å². The van der Waals surface area contributed by atoms with Gasteiger partial charge < -0.3 is 19.4 Å². The number of quaternary nitrogens is 1. The van der Waals surface area contributed by atoms with E-state index in [0.717, 1.165) is 89.9 Å². The van der Waals surface area contributed by atoms with Gasteiger partial charge in [-0.15, -0.1) is 0 Å². The van der Waals surface area contributed by atoms with E-state index < -0.39 is 20.0 Å². The molecule has 0 rings (SSSR count). The van der Waals surface area contributed by atoms with E-state index >= 15 is 0 Å². The number of unbranched alkanes of at least 4 members (excludes halogenated alkanes) is 29. The van der Waals surface area contributed by atoms with Crippen molar-refractivity contribution in [1.29, 1.82) is 0 Å². The molecular weight excluding hydrogens is 976 g/mol. The molecule has 0 heterocycles. The van der Waals surface area contributed by atoms with E-state index in [9.17, 15) is 19.0 Å². The maximum atomic E-state index is 13.5. The fraction of sp³-hybridized carbons (Fsp3) is 0.761. The average molecular weight is 1100 g/mol. The minimum atomic E-state index is -4.46. The van der Waals surface area contributed by atoms with Gasteiger partial charge in [0, 0.05) is 12.8 Å². The second kappa shape index (κ2) is 56.5. The van der Waals surface area contributed by atoms with Crippen LogP contribution in [0.4, 0.5) is 0 Å². The lowest BCUT2D eigenvalue weighted by atomic mass is 10.0. The normalized spacial score (nSPS) is 14.2. The van der Waals surface area contributed by atoms with Gasteiger partial charge in [-0.3, -0.25) is 18.6 Å². The Bertz CT molecular complexity index is 1590. The number of hydrogen-bond donors (Lipinski definition) is 2. The fourth-order valence-corrected chi connectivity index (χ4v) is 9.64. The Morgan fingerprint density at radius 1 is 0.468 bits per heavy atom. The highest BCUT2D eigenvalue weighted by molar-refractivity contribution is 7.47. The summed E-state index contributed by atoms with van der Waals surface area (Å²) in [4.78, 5) is 37.7. The third-order valence-corrected chi connectivity index (χ3v) is 14.8. The molecule has 446 valence electrons. The second-order valence-electron chi connectivity index (χ2n) is 22.5. The number of amides is 1. The Balaban J connectivity index is 5.23. The van der Waals surface area contributed by atoms with Gasteiger partial charge in [0.25, 0.3) is 0 Å². The molecular formula is C67H122N2O7P+. The first-order chi connectivity index (χ1) is 37.4. The zero-order valence-corrected chi connectivity index (χ0v) is 51.8. The van der Waals surface area contributed by atoms with Crippen LogP contribution in [-0.4, -0.2) is 74.3 Å². The molecule has 2 N–H and O–H groups in total. The first kappa shape index (κ1) is 74.2. The number of esters is 1. The standard InChI is InChI=1S/C67H121N2O7P/c1-7-10-13-16-19-22-25-27-29-31-33-34-36-38-40-42-45-48-51-54-57-60-67(71)76-65(58-55-52-49-46-43-24-21-18-15-12-9-3)64(63-75-77(72,73)74-62-61-69(4,5)6)68-66(70)59-56-53-50-47-44-41-39-37-35-32-30-28-26-23-20-17-14-11-8-2/h11,14,20,23,27-30,35,37,41,44,55,58,64-65H,7-10,12-13,15-19,21-22,24-26,31-34,36,38-40,42-43,45-54,56-57,59-63H2,1-6H3,(H-,68,70,72,73)/p+1/b14-11-,23-20-,29-27+,30-28-,37-35-,44-41-,58-55+. The van der Waals surface area contributed by atoms with Gasteiger partial charge >= 0.3 is 13.8 Å². The van der Waals surface area contributed by atoms with Crippen molar-refractivity contribution in [2.24, 2.45) is 0 Å². The highest BCUT2D eigenvalue weighted by Gasteiger charge is 2.30. The van der Waals surface area contributed by atoms with Gasteiger partial charge in [-0.05, 0) is 102 Å². The minimum Gasteiger partial charge on any atom is -0.456 e. The SMILES string of the molecule is CC/C=C\C/C=C\C/C=C\C/C=C\C/C=C\CCCCCC(=O)NC(COP(=O)(O)OCC[N+](C)(C)C)C(/C=C/CCCCCCCCCCC)OC(=O)CCCCCCCCCCCCC/C=C/CCCCCCCC. The monoisotopic (exact) mass is 1100 g/mol. The minimum absolute atomic E-state index is 0.0304. The predicted octanol–water partition coefficient (Wildman–Crippen LogP) is 19.8. The summed E-state index contributed by atoms with van der Waals surface area (Å²) in [6.07, 6.45) is 74.4. The van der Waals surface area contributed by atoms with Crippen molar-refractivity contribution in [3.05, 3.63) is 85.1 Å². The number of carbonyl (C=O) groups is 2. The van der Waals surface area contributed by atoms with E-state index in [4.69, 9.17) is 13.8 Å². The van der Waals surface area contributed by atoms with Gasteiger partial charge in [0.2, 0.25) is 5.91 Å². The number of nitrogens with zero attached hydrogens (tertiary/aromatic N) is 1. The van der Waals surface area contributed by atoms with E-state index in [0.29, 0.717) is 23.9 Å². The second-order valence-corrected chi connectivity index (χ2v) is 24.0. The molecule has 0 aromatic carbocycles. The van der Waals surface area contributed by atoms with Crippen LogP contribution in [0.1, 0.15) is 278 Å². The lowest BCUT2D eigenvalue weighted by molar-refractivity contribution is -0.870. The summed E-state index contributed by atoms with van der Waals surface area (Å²) in [5.74, 6) is -0.543. The molecule has 0 saturated heterocycles. The van der Waals surface area contributed by atoms with Gasteiger partial charge in [-0.25, -0.2) is 4.57 Å². The van der Waals surface area contributed by atoms with E-state index in [1.165, 1.54) is 148 Å². The van der Waals surface area contributed by atoms with Crippen molar-refractivity contribution >= 4 is 19.7 Å². The molecule has 0 aliphatic rings. The summed E-state index contributed by atoms with van der Waals surface area (Å²) in [5.41, 5.74) is 0. The Kier molecular flexibility index (Phi) is 54.4. The Labute approximate surface area is 476 Å². The largest absolute Gasteiger partial charge is 0.472 e. The summed E-state index contributed by atoms with van der Waals surface area (Å²) < 4.78 is 30.7. The molecule has 0 spiro atoms.